The normalized spacial score (nSPS) is 13.4. The molecule has 3 rings (SSSR count). The maximum absolute atomic E-state index is 12.9. The number of nitrogens with zero attached hydrogens (tertiary/aromatic N) is 1. The van der Waals surface area contributed by atoms with Gasteiger partial charge in [0.05, 0.1) is 30.2 Å². The molecule has 180 valence electrons. The molecule has 0 atom stereocenters. The summed E-state index contributed by atoms with van der Waals surface area (Å²) in [6.45, 7) is 5.34. The number of esters is 1. The zero-order valence-corrected chi connectivity index (χ0v) is 21.0. The van der Waals surface area contributed by atoms with E-state index in [0.29, 0.717) is 22.0 Å². The molecule has 0 aliphatic heterocycles. The zero-order chi connectivity index (χ0) is 24.2. The molecular formula is C23H30N2O6S2. The topological polar surface area (TPSA) is 102 Å². The van der Waals surface area contributed by atoms with E-state index in [-0.39, 0.29) is 12.7 Å². The lowest BCUT2D eigenvalue weighted by atomic mass is 9.95. The highest BCUT2D eigenvalue weighted by atomic mass is 32.2. The number of sulfonamides is 1. The van der Waals surface area contributed by atoms with Gasteiger partial charge in [0.1, 0.15) is 17.3 Å². The molecule has 0 bridgehead atoms. The molecule has 1 aromatic heterocycles. The smallest absolute Gasteiger partial charge is 0.341 e. The standard InChI is InChI=1S/C23H30N2O6S2/c1-5-30-23(27)21-18-8-6-7-9-19(18)32-22(21)24-20(26)14-25(33(4,28)29)16-10-12-17(13-11-16)31-15(2)3/h10-13,15H,5-9,14H2,1-4H3,(H,24,26). The number of amides is 1. The Bertz CT molecular complexity index is 1110. The Hall–Kier alpha value is -2.59. The van der Waals surface area contributed by atoms with Crippen LogP contribution in [-0.4, -0.2) is 45.8 Å². The molecular weight excluding hydrogens is 464 g/mol. The van der Waals surface area contributed by atoms with Crippen molar-refractivity contribution in [1.29, 1.82) is 0 Å². The molecule has 1 aliphatic rings. The van der Waals surface area contributed by atoms with Crippen LogP contribution in [0.4, 0.5) is 10.7 Å². The average molecular weight is 495 g/mol. The van der Waals surface area contributed by atoms with Gasteiger partial charge in [-0.05, 0) is 76.3 Å². The van der Waals surface area contributed by atoms with Gasteiger partial charge >= 0.3 is 5.97 Å². The van der Waals surface area contributed by atoms with Crippen molar-refractivity contribution in [3.8, 4) is 5.75 Å². The SMILES string of the molecule is CCOC(=O)c1c(NC(=O)CN(c2ccc(OC(C)C)cc2)S(C)(=O)=O)sc2c1CCCC2. The van der Waals surface area contributed by atoms with Crippen molar-refractivity contribution in [1.82, 2.24) is 0 Å². The molecule has 0 spiro atoms. The molecule has 33 heavy (non-hydrogen) atoms. The van der Waals surface area contributed by atoms with Crippen molar-refractivity contribution < 1.29 is 27.5 Å². The maximum atomic E-state index is 12.9. The van der Waals surface area contributed by atoms with Crippen LogP contribution < -0.4 is 14.4 Å². The molecule has 0 saturated heterocycles. The second kappa shape index (κ2) is 10.6. The predicted octanol–water partition coefficient (Wildman–Crippen LogP) is 4.00. The molecule has 0 unspecified atom stereocenters. The molecule has 0 radical (unpaired) electrons. The minimum atomic E-state index is -3.74. The lowest BCUT2D eigenvalue weighted by Gasteiger charge is -2.22. The van der Waals surface area contributed by atoms with Crippen LogP contribution in [0.5, 0.6) is 5.75 Å². The van der Waals surface area contributed by atoms with E-state index in [1.54, 1.807) is 31.2 Å². The minimum absolute atomic E-state index is 0.0159. The third kappa shape index (κ3) is 6.26. The Kier molecular flexibility index (Phi) is 8.01. The van der Waals surface area contributed by atoms with Crippen molar-refractivity contribution >= 4 is 43.9 Å². The summed E-state index contributed by atoms with van der Waals surface area (Å²) in [4.78, 5) is 26.6. The molecule has 1 heterocycles. The van der Waals surface area contributed by atoms with Gasteiger partial charge in [0.15, 0.2) is 0 Å². The number of ether oxygens (including phenoxy) is 2. The molecule has 1 amide bonds. The monoisotopic (exact) mass is 494 g/mol. The van der Waals surface area contributed by atoms with Crippen LogP contribution >= 0.6 is 11.3 Å². The summed E-state index contributed by atoms with van der Waals surface area (Å²) in [5.41, 5.74) is 1.67. The van der Waals surface area contributed by atoms with Crippen LogP contribution in [0, 0.1) is 0 Å². The van der Waals surface area contributed by atoms with E-state index in [0.717, 1.165) is 46.7 Å². The van der Waals surface area contributed by atoms with Gasteiger partial charge in [-0.25, -0.2) is 13.2 Å². The average Bonchev–Trinajstić information content (AvgIpc) is 3.09. The number of benzene rings is 1. The summed E-state index contributed by atoms with van der Waals surface area (Å²) in [5.74, 6) is -0.394. The van der Waals surface area contributed by atoms with Crippen LogP contribution in [0.25, 0.3) is 0 Å². The van der Waals surface area contributed by atoms with Crippen LogP contribution in [-0.2, 0) is 32.4 Å². The van der Waals surface area contributed by atoms with Crippen molar-refractivity contribution in [2.75, 3.05) is 29.0 Å². The number of nitrogens with one attached hydrogen (secondary N) is 1. The van der Waals surface area contributed by atoms with E-state index in [2.05, 4.69) is 5.32 Å². The van der Waals surface area contributed by atoms with Crippen molar-refractivity contribution in [2.45, 2.75) is 52.6 Å². The van der Waals surface area contributed by atoms with Gasteiger partial charge in [0, 0.05) is 4.88 Å². The summed E-state index contributed by atoms with van der Waals surface area (Å²) in [5, 5.41) is 3.18. The molecule has 8 nitrogen and oxygen atoms in total. The molecule has 1 N–H and O–H groups in total. The summed E-state index contributed by atoms with van der Waals surface area (Å²) >= 11 is 1.37. The molecule has 0 fully saturated rings. The first kappa shape index (κ1) is 25.0. The van der Waals surface area contributed by atoms with Gasteiger partial charge in [-0.1, -0.05) is 0 Å². The Labute approximate surface area is 198 Å². The highest BCUT2D eigenvalue weighted by molar-refractivity contribution is 7.92. The Morgan fingerprint density at radius 3 is 2.42 bits per heavy atom. The van der Waals surface area contributed by atoms with Crippen LogP contribution in [0.2, 0.25) is 0 Å². The molecule has 1 aliphatic carbocycles. The number of hydrogen-bond donors (Lipinski definition) is 1. The Morgan fingerprint density at radius 1 is 1.15 bits per heavy atom. The van der Waals surface area contributed by atoms with E-state index in [4.69, 9.17) is 9.47 Å². The largest absolute Gasteiger partial charge is 0.491 e. The first-order valence-corrected chi connectivity index (χ1v) is 13.6. The fourth-order valence-corrected chi connectivity index (χ4v) is 5.88. The van der Waals surface area contributed by atoms with E-state index in [1.807, 2.05) is 13.8 Å². The summed E-state index contributed by atoms with van der Waals surface area (Å²) in [6, 6.07) is 6.52. The minimum Gasteiger partial charge on any atom is -0.491 e. The van der Waals surface area contributed by atoms with Gasteiger partial charge in [-0.2, -0.15) is 0 Å². The van der Waals surface area contributed by atoms with Crippen molar-refractivity contribution in [3.63, 3.8) is 0 Å². The number of carbonyl (C=O) groups is 2. The number of anilines is 2. The van der Waals surface area contributed by atoms with E-state index in [9.17, 15) is 18.0 Å². The van der Waals surface area contributed by atoms with E-state index in [1.165, 1.54) is 11.3 Å². The van der Waals surface area contributed by atoms with E-state index < -0.39 is 28.4 Å². The third-order valence-corrected chi connectivity index (χ3v) is 7.44. The highest BCUT2D eigenvalue weighted by Gasteiger charge is 2.28. The van der Waals surface area contributed by atoms with Crippen molar-refractivity contribution in [3.05, 3.63) is 40.3 Å². The van der Waals surface area contributed by atoms with Crippen LogP contribution in [0.1, 0.15) is 54.4 Å². The fraction of sp³-hybridized carbons (Fsp3) is 0.478. The fourth-order valence-electron chi connectivity index (χ4n) is 3.73. The van der Waals surface area contributed by atoms with E-state index >= 15 is 0 Å². The summed E-state index contributed by atoms with van der Waals surface area (Å²) < 4.78 is 36.7. The number of aryl methyl sites for hydroxylation is 1. The van der Waals surface area contributed by atoms with Gasteiger partial charge in [-0.3, -0.25) is 9.10 Å². The molecule has 10 heteroatoms. The molecule has 0 saturated carbocycles. The summed E-state index contributed by atoms with van der Waals surface area (Å²) in [7, 11) is -3.74. The third-order valence-electron chi connectivity index (χ3n) is 5.09. The maximum Gasteiger partial charge on any atom is 0.341 e. The Morgan fingerprint density at radius 2 is 1.82 bits per heavy atom. The number of fused-ring (bicyclic) bond motifs is 1. The first-order valence-electron chi connectivity index (χ1n) is 11.0. The van der Waals surface area contributed by atoms with Gasteiger partial charge in [0.25, 0.3) is 0 Å². The van der Waals surface area contributed by atoms with Crippen LogP contribution in [0.3, 0.4) is 0 Å². The number of rotatable bonds is 9. The molecule has 2 aromatic rings. The van der Waals surface area contributed by atoms with Gasteiger partial charge in [-0.15, -0.1) is 11.3 Å². The Balaban J connectivity index is 1.83. The number of thiophene rings is 1. The number of hydrogen-bond acceptors (Lipinski definition) is 7. The van der Waals surface area contributed by atoms with Gasteiger partial charge in [0.2, 0.25) is 15.9 Å². The number of carbonyl (C=O) groups excluding carboxylic acids is 2. The second-order valence-corrected chi connectivity index (χ2v) is 11.1. The highest BCUT2D eigenvalue weighted by Crippen LogP contribution is 2.38. The quantitative estimate of drug-likeness (QED) is 0.529. The second-order valence-electron chi connectivity index (χ2n) is 8.11. The van der Waals surface area contributed by atoms with Crippen molar-refractivity contribution in [2.24, 2.45) is 0 Å². The zero-order valence-electron chi connectivity index (χ0n) is 19.3. The molecule has 1 aromatic carbocycles. The predicted molar refractivity (Wildman–Crippen MR) is 130 cm³/mol. The first-order chi connectivity index (χ1) is 15.6. The lowest BCUT2D eigenvalue weighted by molar-refractivity contribution is -0.114. The summed E-state index contributed by atoms with van der Waals surface area (Å²) in [6.07, 6.45) is 4.65. The lowest BCUT2D eigenvalue weighted by Crippen LogP contribution is -2.37. The van der Waals surface area contributed by atoms with Gasteiger partial charge < -0.3 is 14.8 Å². The van der Waals surface area contributed by atoms with Crippen LogP contribution in [0.15, 0.2) is 24.3 Å².